The van der Waals surface area contributed by atoms with Crippen LogP contribution < -0.4 is 5.32 Å². The van der Waals surface area contributed by atoms with Gasteiger partial charge in [0.2, 0.25) is 0 Å². The topological polar surface area (TPSA) is 12.0 Å². The summed E-state index contributed by atoms with van der Waals surface area (Å²) in [6.45, 7) is 4.42. The molecule has 0 fully saturated rings. The summed E-state index contributed by atoms with van der Waals surface area (Å²) in [5, 5.41) is 3.26. The molecule has 0 spiro atoms. The fourth-order valence-electron chi connectivity index (χ4n) is 2.35. The number of likely N-dealkylation sites (N-methyl/N-ethyl adjacent to an activating group) is 1. The van der Waals surface area contributed by atoms with Gasteiger partial charge in [-0.05, 0) is 43.5 Å². The lowest BCUT2D eigenvalue weighted by molar-refractivity contribution is 0.396. The van der Waals surface area contributed by atoms with Crippen LogP contribution >= 0.6 is 0 Å². The molecular weight excluding hydrogens is 232 g/mol. The van der Waals surface area contributed by atoms with E-state index < -0.39 is 11.6 Å². The fraction of sp³-hybridized carbons (Fsp3) is 0.600. The average molecular weight is 255 g/mol. The van der Waals surface area contributed by atoms with E-state index in [1.165, 1.54) is 25.0 Å². The molecule has 2 atom stereocenters. The predicted molar refractivity (Wildman–Crippen MR) is 71.6 cm³/mol. The van der Waals surface area contributed by atoms with Crippen molar-refractivity contribution < 1.29 is 8.78 Å². The van der Waals surface area contributed by atoms with Crippen molar-refractivity contribution in [2.24, 2.45) is 5.92 Å². The third-order valence-electron chi connectivity index (χ3n) is 3.34. The van der Waals surface area contributed by atoms with Crippen LogP contribution in [0.2, 0.25) is 0 Å². The highest BCUT2D eigenvalue weighted by atomic mass is 19.2. The zero-order valence-electron chi connectivity index (χ0n) is 11.5. The first-order chi connectivity index (χ1) is 8.56. The maximum atomic E-state index is 13.1. The molecule has 0 saturated carbocycles. The van der Waals surface area contributed by atoms with Gasteiger partial charge in [0.25, 0.3) is 0 Å². The summed E-state index contributed by atoms with van der Waals surface area (Å²) in [4.78, 5) is 0. The highest BCUT2D eigenvalue weighted by Crippen LogP contribution is 2.17. The highest BCUT2D eigenvalue weighted by Gasteiger charge is 2.13. The van der Waals surface area contributed by atoms with Crippen molar-refractivity contribution in [3.8, 4) is 0 Å². The molecule has 0 bridgehead atoms. The summed E-state index contributed by atoms with van der Waals surface area (Å²) in [6, 6.07) is 4.47. The first-order valence-electron chi connectivity index (χ1n) is 6.68. The lowest BCUT2D eigenvalue weighted by Crippen LogP contribution is -2.29. The van der Waals surface area contributed by atoms with Crippen molar-refractivity contribution in [1.82, 2.24) is 5.32 Å². The standard InChI is InChI=1S/C15H23F2N/c1-4-5-11(2)8-13(18-3)9-12-6-7-14(16)15(17)10-12/h6-7,10-11,13,18H,4-5,8-9H2,1-3H3. The van der Waals surface area contributed by atoms with Crippen LogP contribution in [0.3, 0.4) is 0 Å². The van der Waals surface area contributed by atoms with Crippen molar-refractivity contribution in [2.75, 3.05) is 7.05 Å². The summed E-state index contributed by atoms with van der Waals surface area (Å²) in [5.74, 6) is -0.888. The molecule has 2 unspecified atom stereocenters. The van der Waals surface area contributed by atoms with Crippen molar-refractivity contribution in [1.29, 1.82) is 0 Å². The Hall–Kier alpha value is -0.960. The van der Waals surface area contributed by atoms with E-state index in [4.69, 9.17) is 0 Å². The van der Waals surface area contributed by atoms with Gasteiger partial charge in [-0.2, -0.15) is 0 Å². The monoisotopic (exact) mass is 255 g/mol. The Morgan fingerprint density at radius 3 is 2.50 bits per heavy atom. The minimum absolute atomic E-state index is 0.316. The van der Waals surface area contributed by atoms with Gasteiger partial charge in [0.15, 0.2) is 11.6 Å². The van der Waals surface area contributed by atoms with E-state index in [2.05, 4.69) is 19.2 Å². The number of rotatable bonds is 7. The largest absolute Gasteiger partial charge is 0.317 e. The molecule has 18 heavy (non-hydrogen) atoms. The maximum Gasteiger partial charge on any atom is 0.159 e. The molecule has 102 valence electrons. The third kappa shape index (κ3) is 4.73. The van der Waals surface area contributed by atoms with Gasteiger partial charge in [0.05, 0.1) is 0 Å². The molecule has 0 aromatic heterocycles. The Kier molecular flexibility index (Phi) is 6.27. The second kappa shape index (κ2) is 7.47. The van der Waals surface area contributed by atoms with Crippen LogP contribution in [0.5, 0.6) is 0 Å². The molecule has 0 radical (unpaired) electrons. The molecule has 0 aliphatic carbocycles. The Bertz CT molecular complexity index is 366. The molecule has 3 heteroatoms. The van der Waals surface area contributed by atoms with Crippen LogP contribution in [-0.2, 0) is 6.42 Å². The number of halogens is 2. The van der Waals surface area contributed by atoms with Crippen LogP contribution in [0.1, 0.15) is 38.7 Å². The van der Waals surface area contributed by atoms with Crippen LogP contribution in [0.25, 0.3) is 0 Å². The highest BCUT2D eigenvalue weighted by molar-refractivity contribution is 5.18. The molecule has 1 rings (SSSR count). The van der Waals surface area contributed by atoms with Gasteiger partial charge in [-0.25, -0.2) is 8.78 Å². The first-order valence-corrected chi connectivity index (χ1v) is 6.68. The summed E-state index contributed by atoms with van der Waals surface area (Å²) < 4.78 is 26.0. The Morgan fingerprint density at radius 2 is 1.94 bits per heavy atom. The zero-order valence-corrected chi connectivity index (χ0v) is 11.5. The van der Waals surface area contributed by atoms with Crippen molar-refractivity contribution in [2.45, 2.75) is 45.6 Å². The SMILES string of the molecule is CCCC(C)CC(Cc1ccc(F)c(F)c1)NC. The first kappa shape index (κ1) is 15.1. The van der Waals surface area contributed by atoms with Crippen molar-refractivity contribution in [3.63, 3.8) is 0 Å². The average Bonchev–Trinajstić information content (AvgIpc) is 2.33. The molecule has 0 aliphatic heterocycles. The lowest BCUT2D eigenvalue weighted by atomic mass is 9.93. The number of nitrogens with one attached hydrogen (secondary N) is 1. The van der Waals surface area contributed by atoms with E-state index in [1.54, 1.807) is 6.07 Å². The second-order valence-electron chi connectivity index (χ2n) is 5.07. The molecule has 1 aromatic rings. The van der Waals surface area contributed by atoms with Gasteiger partial charge in [0, 0.05) is 6.04 Å². The molecule has 1 aromatic carbocycles. The van der Waals surface area contributed by atoms with Gasteiger partial charge in [0.1, 0.15) is 0 Å². The van der Waals surface area contributed by atoms with E-state index in [0.29, 0.717) is 12.0 Å². The Balaban J connectivity index is 2.59. The van der Waals surface area contributed by atoms with Crippen molar-refractivity contribution in [3.05, 3.63) is 35.4 Å². The summed E-state index contributed by atoms with van der Waals surface area (Å²) in [7, 11) is 1.92. The minimum Gasteiger partial charge on any atom is -0.317 e. The van der Waals surface area contributed by atoms with Gasteiger partial charge in [-0.1, -0.05) is 32.8 Å². The molecule has 0 aliphatic rings. The number of hydrogen-bond donors (Lipinski definition) is 1. The van der Waals surface area contributed by atoms with Crippen molar-refractivity contribution >= 4 is 0 Å². The lowest BCUT2D eigenvalue weighted by Gasteiger charge is -2.20. The zero-order chi connectivity index (χ0) is 13.5. The summed E-state index contributed by atoms with van der Waals surface area (Å²) >= 11 is 0. The van der Waals surface area contributed by atoms with Gasteiger partial charge < -0.3 is 5.32 Å². The Labute approximate surface area is 109 Å². The normalized spacial score (nSPS) is 14.5. The van der Waals surface area contributed by atoms with Gasteiger partial charge >= 0.3 is 0 Å². The predicted octanol–water partition coefficient (Wildman–Crippen LogP) is 3.92. The Morgan fingerprint density at radius 1 is 1.22 bits per heavy atom. The third-order valence-corrected chi connectivity index (χ3v) is 3.34. The van der Waals surface area contributed by atoms with E-state index in [9.17, 15) is 8.78 Å². The van der Waals surface area contributed by atoms with Crippen LogP contribution in [0.4, 0.5) is 8.78 Å². The van der Waals surface area contributed by atoms with E-state index >= 15 is 0 Å². The van der Waals surface area contributed by atoms with E-state index in [0.717, 1.165) is 18.4 Å². The summed E-state index contributed by atoms with van der Waals surface area (Å²) in [6.07, 6.45) is 4.18. The van der Waals surface area contributed by atoms with Crippen LogP contribution in [0, 0.1) is 17.6 Å². The molecule has 1 nitrogen and oxygen atoms in total. The van der Waals surface area contributed by atoms with Crippen LogP contribution in [0.15, 0.2) is 18.2 Å². The number of hydrogen-bond acceptors (Lipinski definition) is 1. The quantitative estimate of drug-likeness (QED) is 0.778. The van der Waals surface area contributed by atoms with Gasteiger partial charge in [-0.3, -0.25) is 0 Å². The molecule has 1 N–H and O–H groups in total. The molecular formula is C15H23F2N. The maximum absolute atomic E-state index is 13.1. The minimum atomic E-state index is -0.779. The van der Waals surface area contributed by atoms with E-state index in [1.807, 2.05) is 7.05 Å². The summed E-state index contributed by atoms with van der Waals surface area (Å²) in [5.41, 5.74) is 0.844. The molecule has 0 heterocycles. The molecule has 0 saturated heterocycles. The molecule has 0 amide bonds. The van der Waals surface area contributed by atoms with E-state index in [-0.39, 0.29) is 0 Å². The fourth-order valence-corrected chi connectivity index (χ4v) is 2.35. The van der Waals surface area contributed by atoms with Gasteiger partial charge in [-0.15, -0.1) is 0 Å². The number of benzene rings is 1. The van der Waals surface area contributed by atoms with Crippen LogP contribution in [-0.4, -0.2) is 13.1 Å². The smallest absolute Gasteiger partial charge is 0.159 e. The second-order valence-corrected chi connectivity index (χ2v) is 5.07.